The van der Waals surface area contributed by atoms with Crippen LogP contribution < -0.4 is 10.1 Å². The van der Waals surface area contributed by atoms with Gasteiger partial charge in [-0.2, -0.15) is 15.0 Å². The van der Waals surface area contributed by atoms with Crippen molar-refractivity contribution in [2.75, 3.05) is 18.1 Å². The molecule has 0 radical (unpaired) electrons. The fraction of sp³-hybridized carbons (Fsp3) is 0.700. The van der Waals surface area contributed by atoms with Crippen LogP contribution in [0.4, 0.5) is 5.95 Å². The summed E-state index contributed by atoms with van der Waals surface area (Å²) >= 11 is 1.61. The molecule has 0 atom stereocenters. The van der Waals surface area contributed by atoms with E-state index in [1.54, 1.807) is 18.8 Å². The Balaban J connectivity index is 2.82. The van der Waals surface area contributed by atoms with Gasteiger partial charge in [0.2, 0.25) is 5.95 Å². The third-order valence-electron chi connectivity index (χ3n) is 1.59. The molecule has 0 aliphatic carbocycles. The maximum Gasteiger partial charge on any atom is 0.322 e. The Bertz CT molecular complexity index is 333. The zero-order chi connectivity index (χ0) is 12.0. The topological polar surface area (TPSA) is 59.9 Å². The van der Waals surface area contributed by atoms with Gasteiger partial charge in [0.05, 0.1) is 6.10 Å². The van der Waals surface area contributed by atoms with Crippen LogP contribution in [-0.2, 0) is 0 Å². The summed E-state index contributed by atoms with van der Waals surface area (Å²) in [5.41, 5.74) is 0. The van der Waals surface area contributed by atoms with Gasteiger partial charge in [0.1, 0.15) is 0 Å². The fourth-order valence-corrected chi connectivity index (χ4v) is 1.65. The molecule has 6 heteroatoms. The van der Waals surface area contributed by atoms with Crippen LogP contribution in [0.15, 0.2) is 5.16 Å². The highest BCUT2D eigenvalue weighted by Gasteiger charge is 2.08. The number of hydrogen-bond acceptors (Lipinski definition) is 6. The predicted octanol–water partition coefficient (Wildman–Crippen LogP) is 2.20. The van der Waals surface area contributed by atoms with Gasteiger partial charge in [-0.1, -0.05) is 18.7 Å². The zero-order valence-corrected chi connectivity index (χ0v) is 11.0. The largest absolute Gasteiger partial charge is 0.461 e. The van der Waals surface area contributed by atoms with Crippen molar-refractivity contribution in [1.82, 2.24) is 15.0 Å². The Hall–Kier alpha value is -1.04. The first-order valence-corrected chi connectivity index (χ1v) is 6.37. The summed E-state index contributed by atoms with van der Waals surface area (Å²) < 4.78 is 5.46. The van der Waals surface area contributed by atoms with E-state index < -0.39 is 0 Å². The summed E-state index contributed by atoms with van der Waals surface area (Å²) in [6.07, 6.45) is 1.15. The highest BCUT2D eigenvalue weighted by molar-refractivity contribution is 7.99. The van der Waals surface area contributed by atoms with E-state index in [9.17, 15) is 0 Å². The van der Waals surface area contributed by atoms with E-state index in [1.807, 2.05) is 13.8 Å². The molecule has 0 saturated carbocycles. The third-order valence-corrected chi connectivity index (χ3v) is 2.65. The Morgan fingerprint density at radius 2 is 2.06 bits per heavy atom. The van der Waals surface area contributed by atoms with E-state index >= 15 is 0 Å². The number of anilines is 1. The minimum atomic E-state index is 0.0659. The number of rotatable bonds is 6. The predicted molar refractivity (Wildman–Crippen MR) is 66.2 cm³/mol. The summed E-state index contributed by atoms with van der Waals surface area (Å²) in [6, 6.07) is 0.382. The van der Waals surface area contributed by atoms with Crippen molar-refractivity contribution in [2.24, 2.45) is 0 Å². The Morgan fingerprint density at radius 1 is 1.31 bits per heavy atom. The second kappa shape index (κ2) is 6.52. The van der Waals surface area contributed by atoms with Gasteiger partial charge >= 0.3 is 6.01 Å². The number of ether oxygens (including phenoxy) is 1. The minimum absolute atomic E-state index is 0.0659. The molecule has 0 unspecified atom stereocenters. The molecular weight excluding hydrogens is 224 g/mol. The molecule has 1 aromatic rings. The van der Waals surface area contributed by atoms with Crippen LogP contribution in [0.2, 0.25) is 0 Å². The van der Waals surface area contributed by atoms with Crippen LogP contribution in [-0.4, -0.2) is 33.9 Å². The molecule has 0 bridgehead atoms. The number of nitrogens with zero attached hydrogens (tertiary/aromatic N) is 3. The van der Waals surface area contributed by atoms with Crippen molar-refractivity contribution in [1.29, 1.82) is 0 Å². The minimum Gasteiger partial charge on any atom is -0.461 e. The molecule has 0 saturated heterocycles. The molecule has 90 valence electrons. The maximum absolute atomic E-state index is 5.46. The summed E-state index contributed by atoms with van der Waals surface area (Å²) in [5, 5.41) is 3.61. The first kappa shape index (κ1) is 13.0. The summed E-state index contributed by atoms with van der Waals surface area (Å²) in [4.78, 5) is 12.6. The number of aromatic nitrogens is 3. The van der Waals surface area contributed by atoms with Crippen LogP contribution in [0.25, 0.3) is 0 Å². The van der Waals surface area contributed by atoms with Crippen molar-refractivity contribution < 1.29 is 4.74 Å². The average molecular weight is 242 g/mol. The van der Waals surface area contributed by atoms with Gasteiger partial charge in [0.15, 0.2) is 5.16 Å². The van der Waals surface area contributed by atoms with Crippen molar-refractivity contribution in [3.8, 4) is 6.01 Å². The lowest BCUT2D eigenvalue weighted by Crippen LogP contribution is -2.11. The van der Waals surface area contributed by atoms with Crippen molar-refractivity contribution >= 4 is 17.7 Å². The van der Waals surface area contributed by atoms with E-state index in [-0.39, 0.29) is 6.10 Å². The van der Waals surface area contributed by atoms with Gasteiger partial charge in [0, 0.05) is 12.8 Å². The van der Waals surface area contributed by atoms with Gasteiger partial charge in [-0.25, -0.2) is 0 Å². The molecule has 1 rings (SSSR count). The zero-order valence-electron chi connectivity index (χ0n) is 10.1. The third kappa shape index (κ3) is 4.22. The Labute approximate surface area is 100 Å². The van der Waals surface area contributed by atoms with Gasteiger partial charge in [-0.05, 0) is 20.3 Å². The normalized spacial score (nSPS) is 10.6. The standard InChI is InChI=1S/C10H18N4OS/c1-5-6-16-10-13-8(11-4)12-9(14-10)15-7(2)3/h7H,5-6H2,1-4H3,(H,11,12,13,14). The molecule has 0 aliphatic heterocycles. The Morgan fingerprint density at radius 3 is 2.62 bits per heavy atom. The van der Waals surface area contributed by atoms with Crippen molar-refractivity contribution in [2.45, 2.75) is 38.5 Å². The summed E-state index contributed by atoms with van der Waals surface area (Å²) in [6.45, 7) is 6.02. The SMILES string of the molecule is CCCSc1nc(NC)nc(OC(C)C)n1. The highest BCUT2D eigenvalue weighted by atomic mass is 32.2. The molecular formula is C10H18N4OS. The first-order valence-electron chi connectivity index (χ1n) is 5.39. The summed E-state index contributed by atoms with van der Waals surface area (Å²) in [7, 11) is 1.78. The number of nitrogens with one attached hydrogen (secondary N) is 1. The maximum atomic E-state index is 5.46. The van der Waals surface area contributed by atoms with Crippen LogP contribution in [0.5, 0.6) is 6.01 Å². The molecule has 1 heterocycles. The van der Waals surface area contributed by atoms with Crippen molar-refractivity contribution in [3.63, 3.8) is 0 Å². The highest BCUT2D eigenvalue weighted by Crippen LogP contribution is 2.18. The molecule has 16 heavy (non-hydrogen) atoms. The van der Waals surface area contributed by atoms with Crippen LogP contribution >= 0.6 is 11.8 Å². The lowest BCUT2D eigenvalue weighted by molar-refractivity contribution is 0.219. The average Bonchev–Trinajstić information content (AvgIpc) is 2.25. The molecule has 5 nitrogen and oxygen atoms in total. The quantitative estimate of drug-likeness (QED) is 0.772. The van der Waals surface area contributed by atoms with Gasteiger partial charge in [-0.15, -0.1) is 0 Å². The molecule has 0 fully saturated rings. The molecule has 1 N–H and O–H groups in total. The second-order valence-corrected chi connectivity index (χ2v) is 4.55. The number of hydrogen-bond donors (Lipinski definition) is 1. The number of thioether (sulfide) groups is 1. The van der Waals surface area contributed by atoms with Gasteiger partial charge in [0.25, 0.3) is 0 Å². The monoisotopic (exact) mass is 242 g/mol. The molecule has 0 spiro atoms. The van der Waals surface area contributed by atoms with E-state index in [1.165, 1.54) is 0 Å². The van der Waals surface area contributed by atoms with Crippen LogP contribution in [0.1, 0.15) is 27.2 Å². The lowest BCUT2D eigenvalue weighted by atomic mass is 10.5. The lowest BCUT2D eigenvalue weighted by Gasteiger charge is -2.09. The summed E-state index contributed by atoms with van der Waals surface area (Å²) in [5.74, 6) is 1.54. The van der Waals surface area contributed by atoms with Crippen LogP contribution in [0.3, 0.4) is 0 Å². The van der Waals surface area contributed by atoms with Gasteiger partial charge in [-0.3, -0.25) is 0 Å². The fourth-order valence-electron chi connectivity index (χ4n) is 0.971. The molecule has 0 aromatic carbocycles. The van der Waals surface area contributed by atoms with E-state index in [0.29, 0.717) is 17.1 Å². The first-order chi connectivity index (χ1) is 7.65. The van der Waals surface area contributed by atoms with E-state index in [4.69, 9.17) is 4.74 Å². The van der Waals surface area contributed by atoms with Gasteiger partial charge < -0.3 is 10.1 Å². The molecule has 0 amide bonds. The molecule has 1 aromatic heterocycles. The van der Waals surface area contributed by atoms with E-state index in [2.05, 4.69) is 27.2 Å². The van der Waals surface area contributed by atoms with E-state index in [0.717, 1.165) is 12.2 Å². The second-order valence-electron chi connectivity index (χ2n) is 3.49. The Kier molecular flexibility index (Phi) is 5.31. The molecule has 0 aliphatic rings. The van der Waals surface area contributed by atoms with Crippen molar-refractivity contribution in [3.05, 3.63) is 0 Å². The van der Waals surface area contributed by atoms with Crippen LogP contribution in [0, 0.1) is 0 Å². The smallest absolute Gasteiger partial charge is 0.322 e.